The lowest BCUT2D eigenvalue weighted by Gasteiger charge is -2.41. The summed E-state index contributed by atoms with van der Waals surface area (Å²) in [6, 6.07) is 80.7. The molecule has 0 amide bonds. The monoisotopic (exact) mass is 867 g/mol. The molecule has 2 heteroatoms. The molecule has 0 saturated carbocycles. The Balaban J connectivity index is 1.15. The zero-order valence-electron chi connectivity index (χ0n) is 38.6. The molecule has 0 unspecified atom stereocenters. The van der Waals surface area contributed by atoms with Gasteiger partial charge in [-0.2, -0.15) is 0 Å². The van der Waals surface area contributed by atoms with E-state index in [2.05, 4.69) is 259 Å². The standard InChI is InChI=1S/C64H53NS/c1-61(2,3)44-30-36-59-57(38-44)64(58-39-45(62(4,5)6)31-37-60(58)66-59)54-29-19-17-27-50(54)52-35-33-48(41-56(52)64)65(46-24-14-9-15-25-46)47-32-34-51-49-26-16-18-28-53(49)63(55(51)40-47,42-20-10-7-11-21-42)43-22-12-8-13-23-43/h7-41H,1-6H3. The molecular formula is C64H53NS. The summed E-state index contributed by atoms with van der Waals surface area (Å²) in [4.78, 5) is 5.14. The lowest BCUT2D eigenvalue weighted by molar-refractivity contribution is 0.581. The number of fused-ring (bicyclic) bond motifs is 12. The van der Waals surface area contributed by atoms with E-state index < -0.39 is 10.8 Å². The Morgan fingerprint density at radius 2 is 0.712 bits per heavy atom. The smallest absolute Gasteiger partial charge is 0.0736 e. The van der Waals surface area contributed by atoms with Crippen molar-refractivity contribution in [1.82, 2.24) is 0 Å². The highest BCUT2D eigenvalue weighted by Gasteiger charge is 2.51. The van der Waals surface area contributed by atoms with Gasteiger partial charge in [-0.25, -0.2) is 0 Å². The van der Waals surface area contributed by atoms with Gasteiger partial charge >= 0.3 is 0 Å². The van der Waals surface area contributed by atoms with Crippen LogP contribution in [0.4, 0.5) is 17.1 Å². The van der Waals surface area contributed by atoms with Crippen molar-refractivity contribution in [2.75, 3.05) is 4.90 Å². The molecule has 66 heavy (non-hydrogen) atoms. The maximum absolute atomic E-state index is 2.55. The Bertz CT molecular complexity index is 3250. The molecule has 12 rings (SSSR count). The summed E-state index contributed by atoms with van der Waals surface area (Å²) >= 11 is 1.93. The van der Waals surface area contributed by atoms with Crippen LogP contribution in [0.25, 0.3) is 22.3 Å². The number of hydrogen-bond donors (Lipinski definition) is 0. The Morgan fingerprint density at radius 1 is 0.318 bits per heavy atom. The summed E-state index contributed by atoms with van der Waals surface area (Å²) < 4.78 is 0. The number of nitrogens with zero attached hydrogens (tertiary/aromatic N) is 1. The number of anilines is 3. The van der Waals surface area contributed by atoms with Crippen molar-refractivity contribution in [1.29, 1.82) is 0 Å². The predicted octanol–water partition coefficient (Wildman–Crippen LogP) is 16.9. The van der Waals surface area contributed by atoms with Gasteiger partial charge in [0.1, 0.15) is 0 Å². The second-order valence-corrected chi connectivity index (χ2v) is 21.6. The highest BCUT2D eigenvalue weighted by atomic mass is 32.2. The average Bonchev–Trinajstić information content (AvgIpc) is 3.79. The van der Waals surface area contributed by atoms with Gasteiger partial charge in [-0.15, -0.1) is 0 Å². The highest BCUT2D eigenvalue weighted by Crippen LogP contribution is 2.64. The second-order valence-electron chi connectivity index (χ2n) is 20.5. The fraction of sp³-hybridized carbons (Fsp3) is 0.156. The lowest BCUT2D eigenvalue weighted by Crippen LogP contribution is -2.33. The summed E-state index contributed by atoms with van der Waals surface area (Å²) in [5, 5.41) is 0. The maximum atomic E-state index is 2.55. The van der Waals surface area contributed by atoms with E-state index in [-0.39, 0.29) is 10.8 Å². The van der Waals surface area contributed by atoms with Gasteiger partial charge in [0.05, 0.1) is 10.8 Å². The zero-order chi connectivity index (χ0) is 45.0. The van der Waals surface area contributed by atoms with E-state index in [1.54, 1.807) is 0 Å². The third-order valence-electron chi connectivity index (χ3n) is 14.7. The summed E-state index contributed by atoms with van der Waals surface area (Å²) in [6.45, 7) is 14.1. The van der Waals surface area contributed by atoms with Crippen LogP contribution in [0.3, 0.4) is 0 Å². The van der Waals surface area contributed by atoms with Gasteiger partial charge < -0.3 is 4.90 Å². The van der Waals surface area contributed by atoms with Crippen LogP contribution in [0, 0.1) is 0 Å². The van der Waals surface area contributed by atoms with Crippen molar-refractivity contribution in [3.05, 3.63) is 268 Å². The first-order valence-corrected chi connectivity index (χ1v) is 24.2. The molecule has 1 heterocycles. The molecule has 0 radical (unpaired) electrons. The van der Waals surface area contributed by atoms with E-state index in [0.717, 1.165) is 17.1 Å². The predicted molar refractivity (Wildman–Crippen MR) is 277 cm³/mol. The Hall–Kier alpha value is -6.87. The molecule has 3 aliphatic rings. The van der Waals surface area contributed by atoms with Crippen LogP contribution in [-0.4, -0.2) is 0 Å². The minimum absolute atomic E-state index is 0.0245. The van der Waals surface area contributed by atoms with E-state index in [1.165, 1.54) is 87.7 Å². The number of benzene rings is 9. The third kappa shape index (κ3) is 5.87. The minimum atomic E-state index is -0.544. The van der Waals surface area contributed by atoms with Gasteiger partial charge in [0.25, 0.3) is 0 Å². The molecule has 320 valence electrons. The number of rotatable bonds is 5. The van der Waals surface area contributed by atoms with Crippen molar-refractivity contribution in [2.45, 2.75) is 73.0 Å². The van der Waals surface area contributed by atoms with Crippen molar-refractivity contribution in [2.24, 2.45) is 0 Å². The first kappa shape index (κ1) is 40.6. The van der Waals surface area contributed by atoms with Crippen LogP contribution in [0.5, 0.6) is 0 Å². The molecule has 1 nitrogen and oxygen atoms in total. The molecule has 9 aromatic carbocycles. The molecule has 0 N–H and O–H groups in total. The van der Waals surface area contributed by atoms with Crippen LogP contribution in [0.15, 0.2) is 222 Å². The number of para-hydroxylation sites is 1. The van der Waals surface area contributed by atoms with Gasteiger partial charge in [-0.1, -0.05) is 217 Å². The Labute approximate surface area is 394 Å². The topological polar surface area (TPSA) is 3.24 Å². The molecule has 0 atom stereocenters. The SMILES string of the molecule is CC(C)(C)c1ccc2c(c1)C1(c3cc(C(C)(C)C)ccc3S2)c2ccccc2-c2ccc(N(c3ccccc3)c3ccc4c(c3)C(c3ccccc3)(c3ccccc3)c3ccccc3-4)cc21. The van der Waals surface area contributed by atoms with Crippen molar-refractivity contribution < 1.29 is 0 Å². The molecular weight excluding hydrogens is 815 g/mol. The fourth-order valence-corrected chi connectivity index (χ4v) is 12.8. The van der Waals surface area contributed by atoms with Gasteiger partial charge in [0.2, 0.25) is 0 Å². The van der Waals surface area contributed by atoms with Crippen LogP contribution in [0.1, 0.15) is 97.2 Å². The molecule has 0 aromatic heterocycles. The van der Waals surface area contributed by atoms with Crippen LogP contribution < -0.4 is 4.90 Å². The third-order valence-corrected chi connectivity index (χ3v) is 15.9. The van der Waals surface area contributed by atoms with Gasteiger partial charge in [0.15, 0.2) is 0 Å². The van der Waals surface area contributed by atoms with Crippen molar-refractivity contribution in [3.63, 3.8) is 0 Å². The average molecular weight is 868 g/mol. The number of hydrogen-bond acceptors (Lipinski definition) is 2. The van der Waals surface area contributed by atoms with E-state index in [1.807, 2.05) is 11.8 Å². The Morgan fingerprint density at radius 3 is 1.18 bits per heavy atom. The first-order chi connectivity index (χ1) is 32.0. The molecule has 0 saturated heterocycles. The van der Waals surface area contributed by atoms with E-state index in [0.29, 0.717) is 0 Å². The van der Waals surface area contributed by atoms with Crippen LogP contribution >= 0.6 is 11.8 Å². The first-order valence-electron chi connectivity index (χ1n) is 23.4. The zero-order valence-corrected chi connectivity index (χ0v) is 39.4. The lowest BCUT2D eigenvalue weighted by atomic mass is 9.65. The molecule has 1 spiro atoms. The minimum Gasteiger partial charge on any atom is -0.310 e. The van der Waals surface area contributed by atoms with E-state index in [9.17, 15) is 0 Å². The van der Waals surface area contributed by atoms with Crippen LogP contribution in [-0.2, 0) is 21.7 Å². The normalized spacial score (nSPS) is 14.7. The molecule has 1 aliphatic heterocycles. The van der Waals surface area contributed by atoms with Gasteiger partial charge in [-0.05, 0) is 137 Å². The summed E-state index contributed by atoms with van der Waals surface area (Å²) in [7, 11) is 0. The quantitative estimate of drug-likeness (QED) is 0.170. The molecule has 2 aliphatic carbocycles. The fourth-order valence-electron chi connectivity index (χ4n) is 11.6. The maximum Gasteiger partial charge on any atom is 0.0736 e. The highest BCUT2D eigenvalue weighted by molar-refractivity contribution is 7.99. The summed E-state index contributed by atoms with van der Waals surface area (Å²) in [6.07, 6.45) is 0. The molecule has 0 fully saturated rings. The second kappa shape index (κ2) is 14.8. The van der Waals surface area contributed by atoms with Crippen molar-refractivity contribution in [3.8, 4) is 22.3 Å². The van der Waals surface area contributed by atoms with E-state index in [4.69, 9.17) is 0 Å². The Kier molecular flexibility index (Phi) is 9.12. The van der Waals surface area contributed by atoms with Gasteiger partial charge in [0, 0.05) is 26.9 Å². The van der Waals surface area contributed by atoms with Gasteiger partial charge in [-0.3, -0.25) is 0 Å². The molecule has 9 aromatic rings. The largest absolute Gasteiger partial charge is 0.310 e. The summed E-state index contributed by atoms with van der Waals surface area (Å²) in [5.41, 5.74) is 20.7. The van der Waals surface area contributed by atoms with E-state index >= 15 is 0 Å². The molecule has 0 bridgehead atoms. The van der Waals surface area contributed by atoms with Crippen molar-refractivity contribution >= 4 is 28.8 Å². The summed E-state index contributed by atoms with van der Waals surface area (Å²) in [5.74, 6) is 0. The van der Waals surface area contributed by atoms with Crippen LogP contribution in [0.2, 0.25) is 0 Å².